The van der Waals surface area contributed by atoms with Gasteiger partial charge in [0, 0.05) is 35.6 Å². The normalized spacial score (nSPS) is 11.7. The Labute approximate surface area is 197 Å². The number of benzene rings is 2. The Morgan fingerprint density at radius 2 is 1.94 bits per heavy atom. The molecule has 0 saturated carbocycles. The second-order valence-corrected chi connectivity index (χ2v) is 8.72. The SMILES string of the molecule is CCCOC(Cc1ccc(OC)c(CNC(=O)c2nc(-c3ccccc3)sc2C)c1)C(=O)O. The van der Waals surface area contributed by atoms with Gasteiger partial charge in [-0.3, -0.25) is 4.79 Å². The molecular formula is C25H28N2O5S. The number of hydrogen-bond donors (Lipinski definition) is 2. The number of nitrogens with zero attached hydrogens (tertiary/aromatic N) is 1. The number of hydrogen-bond acceptors (Lipinski definition) is 6. The average Bonchev–Trinajstić information content (AvgIpc) is 3.22. The molecule has 3 aromatic rings. The molecule has 0 fully saturated rings. The molecule has 7 nitrogen and oxygen atoms in total. The first-order valence-electron chi connectivity index (χ1n) is 10.7. The third-order valence-electron chi connectivity index (χ3n) is 5.04. The summed E-state index contributed by atoms with van der Waals surface area (Å²) in [4.78, 5) is 29.7. The van der Waals surface area contributed by atoms with Crippen molar-refractivity contribution in [2.45, 2.75) is 39.3 Å². The quantitative estimate of drug-likeness (QED) is 0.431. The number of aliphatic carboxylic acids is 1. The number of rotatable bonds is 11. The number of thiazole rings is 1. The molecule has 174 valence electrons. The zero-order valence-corrected chi connectivity index (χ0v) is 19.8. The fraction of sp³-hybridized carbons (Fsp3) is 0.320. The van der Waals surface area contributed by atoms with Crippen LogP contribution in [0.5, 0.6) is 5.75 Å². The fourth-order valence-corrected chi connectivity index (χ4v) is 4.28. The minimum atomic E-state index is -0.998. The van der Waals surface area contributed by atoms with Crippen LogP contribution in [0.25, 0.3) is 10.6 Å². The lowest BCUT2D eigenvalue weighted by Gasteiger charge is -2.15. The van der Waals surface area contributed by atoms with Crippen LogP contribution in [-0.2, 0) is 22.5 Å². The number of aryl methyl sites for hydroxylation is 1. The summed E-state index contributed by atoms with van der Waals surface area (Å²) in [6.45, 7) is 4.41. The molecule has 0 spiro atoms. The van der Waals surface area contributed by atoms with Crippen LogP contribution >= 0.6 is 11.3 Å². The van der Waals surface area contributed by atoms with Crippen molar-refractivity contribution >= 4 is 23.2 Å². The highest BCUT2D eigenvalue weighted by atomic mass is 32.1. The molecule has 1 amide bonds. The largest absolute Gasteiger partial charge is 0.496 e. The van der Waals surface area contributed by atoms with Gasteiger partial charge in [0.25, 0.3) is 5.91 Å². The lowest BCUT2D eigenvalue weighted by molar-refractivity contribution is -0.150. The number of carbonyl (C=O) groups is 2. The van der Waals surface area contributed by atoms with Gasteiger partial charge < -0.3 is 19.9 Å². The molecule has 2 aromatic carbocycles. The molecule has 0 aliphatic heterocycles. The molecule has 0 bridgehead atoms. The van der Waals surface area contributed by atoms with E-state index in [0.29, 0.717) is 18.1 Å². The van der Waals surface area contributed by atoms with Crippen molar-refractivity contribution in [3.8, 4) is 16.3 Å². The van der Waals surface area contributed by atoms with Gasteiger partial charge in [-0.1, -0.05) is 49.4 Å². The van der Waals surface area contributed by atoms with Crippen molar-refractivity contribution < 1.29 is 24.2 Å². The molecule has 2 N–H and O–H groups in total. The van der Waals surface area contributed by atoms with E-state index in [-0.39, 0.29) is 18.9 Å². The predicted molar refractivity (Wildman–Crippen MR) is 128 cm³/mol. The summed E-state index contributed by atoms with van der Waals surface area (Å²) in [6.07, 6.45) is 0.0484. The highest BCUT2D eigenvalue weighted by Crippen LogP contribution is 2.27. The van der Waals surface area contributed by atoms with Gasteiger partial charge in [-0.05, 0) is 25.0 Å². The zero-order valence-electron chi connectivity index (χ0n) is 19.0. The monoisotopic (exact) mass is 468 g/mol. The molecule has 1 unspecified atom stereocenters. The number of carbonyl (C=O) groups excluding carboxylic acids is 1. The minimum Gasteiger partial charge on any atom is -0.496 e. The van der Waals surface area contributed by atoms with Crippen LogP contribution in [0.1, 0.15) is 39.8 Å². The minimum absolute atomic E-state index is 0.223. The number of carboxylic acids is 1. The molecular weight excluding hydrogens is 440 g/mol. The molecule has 1 heterocycles. The van der Waals surface area contributed by atoms with Gasteiger partial charge in [-0.2, -0.15) is 0 Å². The number of carboxylic acid groups (broad SMARTS) is 1. The molecule has 1 atom stereocenters. The number of amides is 1. The molecule has 0 saturated heterocycles. The first-order valence-corrected chi connectivity index (χ1v) is 11.6. The van der Waals surface area contributed by atoms with Gasteiger partial charge >= 0.3 is 5.97 Å². The second kappa shape index (κ2) is 11.6. The van der Waals surface area contributed by atoms with E-state index in [9.17, 15) is 14.7 Å². The summed E-state index contributed by atoms with van der Waals surface area (Å²) in [5.41, 5.74) is 2.91. The van der Waals surface area contributed by atoms with E-state index in [1.54, 1.807) is 13.2 Å². The fourth-order valence-electron chi connectivity index (χ4n) is 3.36. The Morgan fingerprint density at radius 3 is 2.61 bits per heavy atom. The summed E-state index contributed by atoms with van der Waals surface area (Å²) >= 11 is 1.48. The number of aromatic nitrogens is 1. The molecule has 0 radical (unpaired) electrons. The molecule has 1 aromatic heterocycles. The van der Waals surface area contributed by atoms with Crippen molar-refractivity contribution in [2.75, 3.05) is 13.7 Å². The van der Waals surface area contributed by atoms with E-state index in [1.165, 1.54) is 11.3 Å². The maximum atomic E-state index is 12.8. The first kappa shape index (κ1) is 24.4. The van der Waals surface area contributed by atoms with E-state index >= 15 is 0 Å². The summed E-state index contributed by atoms with van der Waals surface area (Å²) in [5.74, 6) is -0.657. The van der Waals surface area contributed by atoms with Crippen molar-refractivity contribution in [3.05, 3.63) is 70.2 Å². The van der Waals surface area contributed by atoms with Crippen molar-refractivity contribution in [2.24, 2.45) is 0 Å². The summed E-state index contributed by atoms with van der Waals surface area (Å²) in [6, 6.07) is 15.2. The van der Waals surface area contributed by atoms with Gasteiger partial charge in [0.05, 0.1) is 7.11 Å². The summed E-state index contributed by atoms with van der Waals surface area (Å²) in [5, 5.41) is 13.1. The molecule has 33 heavy (non-hydrogen) atoms. The van der Waals surface area contributed by atoms with E-state index in [0.717, 1.165) is 33.0 Å². The molecule has 0 aliphatic rings. The van der Waals surface area contributed by atoms with Gasteiger partial charge in [0.2, 0.25) is 0 Å². The Bertz CT molecular complexity index is 1100. The van der Waals surface area contributed by atoms with Crippen LogP contribution in [0.3, 0.4) is 0 Å². The van der Waals surface area contributed by atoms with Crippen molar-refractivity contribution in [1.82, 2.24) is 10.3 Å². The van der Waals surface area contributed by atoms with Crippen LogP contribution in [0.4, 0.5) is 0 Å². The Balaban J connectivity index is 1.72. The number of nitrogens with one attached hydrogen (secondary N) is 1. The smallest absolute Gasteiger partial charge is 0.333 e. The van der Waals surface area contributed by atoms with E-state index < -0.39 is 12.1 Å². The van der Waals surface area contributed by atoms with Crippen molar-refractivity contribution in [1.29, 1.82) is 0 Å². The van der Waals surface area contributed by atoms with Crippen LogP contribution in [0.2, 0.25) is 0 Å². The van der Waals surface area contributed by atoms with Gasteiger partial charge in [0.15, 0.2) is 6.10 Å². The maximum Gasteiger partial charge on any atom is 0.333 e. The van der Waals surface area contributed by atoms with Gasteiger partial charge in [-0.15, -0.1) is 11.3 Å². The lowest BCUT2D eigenvalue weighted by atomic mass is 10.0. The molecule has 3 rings (SSSR count). The summed E-state index contributed by atoms with van der Waals surface area (Å²) in [7, 11) is 1.56. The summed E-state index contributed by atoms with van der Waals surface area (Å²) < 4.78 is 10.9. The third kappa shape index (κ3) is 6.40. The van der Waals surface area contributed by atoms with E-state index in [4.69, 9.17) is 9.47 Å². The topological polar surface area (TPSA) is 97.8 Å². The Kier molecular flexibility index (Phi) is 8.57. The van der Waals surface area contributed by atoms with E-state index in [2.05, 4.69) is 10.3 Å². The number of ether oxygens (including phenoxy) is 2. The maximum absolute atomic E-state index is 12.8. The Morgan fingerprint density at radius 1 is 1.18 bits per heavy atom. The second-order valence-electron chi connectivity index (χ2n) is 7.52. The van der Waals surface area contributed by atoms with E-state index in [1.807, 2.05) is 56.3 Å². The lowest BCUT2D eigenvalue weighted by Crippen LogP contribution is -2.27. The third-order valence-corrected chi connectivity index (χ3v) is 6.06. The standard InChI is InChI=1S/C25H28N2O5S/c1-4-12-32-21(25(29)30)14-17-10-11-20(31-3)19(13-17)15-26-23(28)22-16(2)33-24(27-22)18-8-6-5-7-9-18/h5-11,13,21H,4,12,14-15H2,1-3H3,(H,26,28)(H,29,30). The highest BCUT2D eigenvalue weighted by Gasteiger charge is 2.20. The molecule has 8 heteroatoms. The van der Waals surface area contributed by atoms with Gasteiger partial charge in [0.1, 0.15) is 16.5 Å². The first-order chi connectivity index (χ1) is 15.9. The van der Waals surface area contributed by atoms with Crippen LogP contribution in [0, 0.1) is 6.92 Å². The highest BCUT2D eigenvalue weighted by molar-refractivity contribution is 7.15. The average molecular weight is 469 g/mol. The Hall–Kier alpha value is -3.23. The zero-order chi connectivity index (χ0) is 23.8. The van der Waals surface area contributed by atoms with Crippen molar-refractivity contribution in [3.63, 3.8) is 0 Å². The van der Waals surface area contributed by atoms with Crippen LogP contribution in [-0.4, -0.2) is 41.8 Å². The predicted octanol–water partition coefficient (Wildman–Crippen LogP) is 4.48. The van der Waals surface area contributed by atoms with Crippen LogP contribution < -0.4 is 10.1 Å². The van der Waals surface area contributed by atoms with Gasteiger partial charge in [-0.25, -0.2) is 9.78 Å². The molecule has 0 aliphatic carbocycles. The van der Waals surface area contributed by atoms with Crippen LogP contribution in [0.15, 0.2) is 48.5 Å². The number of methoxy groups -OCH3 is 1.